The lowest BCUT2D eigenvalue weighted by Gasteiger charge is -2.28. The van der Waals surface area contributed by atoms with Crippen LogP contribution < -0.4 is 4.74 Å². The van der Waals surface area contributed by atoms with Crippen LogP contribution in [-0.2, 0) is 4.79 Å². The van der Waals surface area contributed by atoms with Gasteiger partial charge in [0.2, 0.25) is 5.60 Å². The molecule has 25 heavy (non-hydrogen) atoms. The van der Waals surface area contributed by atoms with Gasteiger partial charge in [0.25, 0.3) is 0 Å². The molecule has 0 heterocycles. The molecule has 1 N–H and O–H groups in total. The molecule has 1 atom stereocenters. The molecule has 0 aliphatic heterocycles. The van der Waals surface area contributed by atoms with Crippen LogP contribution in [0.3, 0.4) is 0 Å². The van der Waals surface area contributed by atoms with Gasteiger partial charge < -0.3 is 9.84 Å². The zero-order valence-corrected chi connectivity index (χ0v) is 15.2. The molecule has 0 aliphatic carbocycles. The summed E-state index contributed by atoms with van der Waals surface area (Å²) < 4.78 is 5.70. The van der Waals surface area contributed by atoms with Gasteiger partial charge >= 0.3 is 5.97 Å². The van der Waals surface area contributed by atoms with Gasteiger partial charge in [0.05, 0.1) is 0 Å². The van der Waals surface area contributed by atoms with Crippen LogP contribution in [0.5, 0.6) is 5.75 Å². The van der Waals surface area contributed by atoms with Crippen LogP contribution in [0.4, 0.5) is 0 Å². The normalized spacial score (nSPS) is 13.3. The molecule has 0 bridgehead atoms. The topological polar surface area (TPSA) is 63.6 Å². The number of ether oxygens (including phenoxy) is 1. The number of hydrogen-bond donors (Lipinski definition) is 1. The zero-order valence-electron chi connectivity index (χ0n) is 14.5. The molecule has 0 radical (unpaired) electrons. The lowest BCUT2D eigenvalue weighted by atomic mass is 9.94. The first kappa shape index (κ1) is 19.0. The Bertz CT molecular complexity index is 750. The Morgan fingerprint density at radius 3 is 1.96 bits per heavy atom. The quantitative estimate of drug-likeness (QED) is 0.717. The fourth-order valence-electron chi connectivity index (χ4n) is 2.65. The van der Waals surface area contributed by atoms with Crippen molar-refractivity contribution in [3.05, 3.63) is 64.7 Å². The first-order valence-corrected chi connectivity index (χ1v) is 8.42. The standard InChI is InChI=1S/C20H21ClO4/c1-13(2)12-20(3,19(23)24)25-17-10-6-15(7-11-17)18(22)14-4-8-16(21)9-5-14/h4-11,13H,12H2,1-3H3,(H,23,24). The number of carboxylic acid groups (broad SMARTS) is 1. The molecule has 0 saturated heterocycles. The van der Waals surface area contributed by atoms with E-state index in [1.807, 2.05) is 13.8 Å². The predicted molar refractivity (Wildman–Crippen MR) is 97.5 cm³/mol. The van der Waals surface area contributed by atoms with Crippen molar-refractivity contribution < 1.29 is 19.4 Å². The van der Waals surface area contributed by atoms with E-state index in [2.05, 4.69) is 0 Å². The van der Waals surface area contributed by atoms with E-state index < -0.39 is 11.6 Å². The van der Waals surface area contributed by atoms with E-state index >= 15 is 0 Å². The molecule has 132 valence electrons. The van der Waals surface area contributed by atoms with E-state index in [1.54, 1.807) is 55.5 Å². The van der Waals surface area contributed by atoms with Crippen LogP contribution in [0.2, 0.25) is 5.02 Å². The number of halogens is 1. The molecule has 0 aromatic heterocycles. The highest BCUT2D eigenvalue weighted by molar-refractivity contribution is 6.30. The second-order valence-electron chi connectivity index (χ2n) is 6.60. The third-order valence-corrected chi connectivity index (χ3v) is 4.07. The highest BCUT2D eigenvalue weighted by Crippen LogP contribution is 2.26. The lowest BCUT2D eigenvalue weighted by molar-refractivity contribution is -0.155. The first-order chi connectivity index (χ1) is 11.7. The Kier molecular flexibility index (Phi) is 5.85. The zero-order chi connectivity index (χ0) is 18.6. The Morgan fingerprint density at radius 2 is 1.52 bits per heavy atom. The van der Waals surface area contributed by atoms with Crippen molar-refractivity contribution in [2.24, 2.45) is 5.92 Å². The van der Waals surface area contributed by atoms with Crippen LogP contribution in [0.1, 0.15) is 43.1 Å². The van der Waals surface area contributed by atoms with E-state index in [0.29, 0.717) is 28.3 Å². The summed E-state index contributed by atoms with van der Waals surface area (Å²) in [6.07, 6.45) is 0.383. The van der Waals surface area contributed by atoms with Gasteiger partial charge in [-0.3, -0.25) is 4.79 Å². The molecule has 2 rings (SSSR count). The molecule has 0 spiro atoms. The monoisotopic (exact) mass is 360 g/mol. The smallest absolute Gasteiger partial charge is 0.347 e. The second-order valence-corrected chi connectivity index (χ2v) is 7.03. The third-order valence-electron chi connectivity index (χ3n) is 3.82. The number of ketones is 1. The number of carboxylic acids is 1. The highest BCUT2D eigenvalue weighted by Gasteiger charge is 2.36. The fourth-order valence-corrected chi connectivity index (χ4v) is 2.78. The van der Waals surface area contributed by atoms with Crippen LogP contribution >= 0.6 is 11.6 Å². The molecule has 5 heteroatoms. The van der Waals surface area contributed by atoms with Crippen molar-refractivity contribution in [1.82, 2.24) is 0 Å². The summed E-state index contributed by atoms with van der Waals surface area (Å²) in [6.45, 7) is 5.44. The van der Waals surface area contributed by atoms with Gasteiger partial charge in [-0.2, -0.15) is 0 Å². The maximum Gasteiger partial charge on any atom is 0.347 e. The van der Waals surface area contributed by atoms with Crippen molar-refractivity contribution >= 4 is 23.4 Å². The lowest BCUT2D eigenvalue weighted by Crippen LogP contribution is -2.42. The number of aliphatic carboxylic acids is 1. The Morgan fingerprint density at radius 1 is 1.04 bits per heavy atom. The van der Waals surface area contributed by atoms with E-state index in [-0.39, 0.29) is 11.7 Å². The molecule has 4 nitrogen and oxygen atoms in total. The van der Waals surface area contributed by atoms with Gasteiger partial charge in [0.15, 0.2) is 5.78 Å². The van der Waals surface area contributed by atoms with Gasteiger partial charge in [0, 0.05) is 22.6 Å². The molecule has 0 aliphatic rings. The SMILES string of the molecule is CC(C)CC(C)(Oc1ccc(C(=O)c2ccc(Cl)cc2)cc1)C(=O)O. The minimum absolute atomic E-state index is 0.133. The Balaban J connectivity index is 2.17. The molecule has 2 aromatic carbocycles. The summed E-state index contributed by atoms with van der Waals surface area (Å²) in [7, 11) is 0. The van der Waals surface area contributed by atoms with E-state index in [1.165, 1.54) is 0 Å². The average Bonchev–Trinajstić information content (AvgIpc) is 2.54. The van der Waals surface area contributed by atoms with E-state index in [0.717, 1.165) is 0 Å². The Labute approximate surface area is 152 Å². The van der Waals surface area contributed by atoms with Crippen LogP contribution in [0, 0.1) is 5.92 Å². The van der Waals surface area contributed by atoms with Gasteiger partial charge in [-0.05, 0) is 61.4 Å². The second kappa shape index (κ2) is 7.70. The van der Waals surface area contributed by atoms with Crippen LogP contribution in [0.15, 0.2) is 48.5 Å². The number of carbonyl (C=O) groups excluding carboxylic acids is 1. The van der Waals surface area contributed by atoms with E-state index in [4.69, 9.17) is 16.3 Å². The van der Waals surface area contributed by atoms with Crippen molar-refractivity contribution in [2.45, 2.75) is 32.8 Å². The fraction of sp³-hybridized carbons (Fsp3) is 0.300. The molecule has 2 aromatic rings. The summed E-state index contributed by atoms with van der Waals surface area (Å²) in [4.78, 5) is 24.0. The Hall–Kier alpha value is -2.33. The molecular weight excluding hydrogens is 340 g/mol. The summed E-state index contributed by atoms with van der Waals surface area (Å²) in [5.74, 6) is -0.557. The van der Waals surface area contributed by atoms with Gasteiger partial charge in [-0.15, -0.1) is 0 Å². The summed E-state index contributed by atoms with van der Waals surface area (Å²) >= 11 is 5.83. The van der Waals surface area contributed by atoms with Crippen molar-refractivity contribution in [1.29, 1.82) is 0 Å². The van der Waals surface area contributed by atoms with Crippen LogP contribution in [0.25, 0.3) is 0 Å². The maximum atomic E-state index is 12.4. The molecular formula is C20H21ClO4. The minimum atomic E-state index is -1.31. The highest BCUT2D eigenvalue weighted by atomic mass is 35.5. The number of benzene rings is 2. The molecule has 0 saturated carbocycles. The predicted octanol–water partition coefficient (Wildman–Crippen LogP) is 4.84. The number of hydrogen-bond acceptors (Lipinski definition) is 3. The minimum Gasteiger partial charge on any atom is -0.478 e. The average molecular weight is 361 g/mol. The number of carbonyl (C=O) groups is 2. The summed E-state index contributed by atoms with van der Waals surface area (Å²) in [5.41, 5.74) is -0.278. The van der Waals surface area contributed by atoms with Crippen LogP contribution in [-0.4, -0.2) is 22.5 Å². The summed E-state index contributed by atoms with van der Waals surface area (Å²) in [6, 6.07) is 13.1. The van der Waals surface area contributed by atoms with E-state index in [9.17, 15) is 14.7 Å². The maximum absolute atomic E-state index is 12.4. The molecule has 0 fully saturated rings. The molecule has 0 amide bonds. The first-order valence-electron chi connectivity index (χ1n) is 8.04. The van der Waals surface area contributed by atoms with Crippen molar-refractivity contribution in [2.75, 3.05) is 0 Å². The molecule has 1 unspecified atom stereocenters. The largest absolute Gasteiger partial charge is 0.478 e. The number of rotatable bonds is 7. The van der Waals surface area contributed by atoms with Gasteiger partial charge in [0.1, 0.15) is 5.75 Å². The van der Waals surface area contributed by atoms with Crippen molar-refractivity contribution in [3.8, 4) is 5.75 Å². The van der Waals surface area contributed by atoms with Crippen molar-refractivity contribution in [3.63, 3.8) is 0 Å². The van der Waals surface area contributed by atoms with Gasteiger partial charge in [-0.25, -0.2) is 4.79 Å². The third kappa shape index (κ3) is 4.83. The summed E-state index contributed by atoms with van der Waals surface area (Å²) in [5, 5.41) is 10.0. The van der Waals surface area contributed by atoms with Gasteiger partial charge in [-0.1, -0.05) is 25.4 Å².